The second-order valence-electron chi connectivity index (χ2n) is 4.99. The zero-order valence-corrected chi connectivity index (χ0v) is 12.0. The van der Waals surface area contributed by atoms with Crippen LogP contribution < -0.4 is 10.6 Å². The van der Waals surface area contributed by atoms with Gasteiger partial charge in [0, 0.05) is 30.7 Å². The number of hydrogen-bond donors (Lipinski definition) is 2. The molecule has 0 spiro atoms. The molecule has 1 aromatic rings. The molecule has 2 rings (SSSR count). The molecule has 1 aromatic heterocycles. The SMILES string of the molecule is FC(F)(F)c1nsc(NCCNC2CCCCCC2)n1. The first-order valence-corrected chi connectivity index (χ1v) is 7.71. The van der Waals surface area contributed by atoms with Gasteiger partial charge < -0.3 is 10.6 Å². The molecule has 1 fully saturated rings. The Morgan fingerprint density at radius 2 is 1.80 bits per heavy atom. The van der Waals surface area contributed by atoms with E-state index < -0.39 is 12.0 Å². The summed E-state index contributed by atoms with van der Waals surface area (Å²) < 4.78 is 40.2. The maximum Gasteiger partial charge on any atom is 0.452 e. The van der Waals surface area contributed by atoms with Crippen molar-refractivity contribution in [3.8, 4) is 0 Å². The Morgan fingerprint density at radius 1 is 1.10 bits per heavy atom. The Labute approximate surface area is 120 Å². The highest BCUT2D eigenvalue weighted by Crippen LogP contribution is 2.28. The maximum absolute atomic E-state index is 12.3. The van der Waals surface area contributed by atoms with Gasteiger partial charge in [0.25, 0.3) is 0 Å². The van der Waals surface area contributed by atoms with E-state index in [-0.39, 0.29) is 5.13 Å². The summed E-state index contributed by atoms with van der Waals surface area (Å²) in [7, 11) is 0. The van der Waals surface area contributed by atoms with Gasteiger partial charge in [-0.05, 0) is 12.8 Å². The van der Waals surface area contributed by atoms with Crippen LogP contribution in [-0.4, -0.2) is 28.5 Å². The molecule has 0 amide bonds. The normalized spacial score (nSPS) is 17.9. The first-order valence-electron chi connectivity index (χ1n) is 6.94. The van der Waals surface area contributed by atoms with Gasteiger partial charge in [0.05, 0.1) is 0 Å². The molecule has 0 unspecified atom stereocenters. The zero-order valence-electron chi connectivity index (χ0n) is 11.2. The third-order valence-electron chi connectivity index (χ3n) is 3.37. The fourth-order valence-corrected chi connectivity index (χ4v) is 2.95. The Morgan fingerprint density at radius 3 is 2.40 bits per heavy atom. The standard InChI is InChI=1S/C12H19F3N4S/c13-12(14,15)10-18-11(20-19-10)17-8-7-16-9-5-3-1-2-4-6-9/h9,16H,1-8H2,(H,17,18,19). The number of alkyl halides is 3. The molecule has 4 nitrogen and oxygen atoms in total. The molecule has 0 saturated heterocycles. The first kappa shape index (κ1) is 15.5. The summed E-state index contributed by atoms with van der Waals surface area (Å²) in [4.78, 5) is 3.42. The van der Waals surface area contributed by atoms with Crippen LogP contribution in [0.1, 0.15) is 44.3 Å². The van der Waals surface area contributed by atoms with E-state index in [0.29, 0.717) is 12.6 Å². The molecule has 0 radical (unpaired) electrons. The summed E-state index contributed by atoms with van der Waals surface area (Å²) in [6, 6.07) is 0.541. The lowest BCUT2D eigenvalue weighted by Crippen LogP contribution is -2.32. The van der Waals surface area contributed by atoms with Crippen LogP contribution in [0.15, 0.2) is 0 Å². The zero-order chi connectivity index (χ0) is 14.4. The fraction of sp³-hybridized carbons (Fsp3) is 0.833. The van der Waals surface area contributed by atoms with Crippen molar-refractivity contribution in [3.05, 3.63) is 5.82 Å². The van der Waals surface area contributed by atoms with Crippen molar-refractivity contribution in [2.75, 3.05) is 18.4 Å². The minimum Gasteiger partial charge on any atom is -0.359 e. The van der Waals surface area contributed by atoms with Crippen LogP contribution in [-0.2, 0) is 6.18 Å². The molecule has 20 heavy (non-hydrogen) atoms. The molecule has 8 heteroatoms. The Balaban J connectivity index is 1.66. The molecule has 2 N–H and O–H groups in total. The number of hydrogen-bond acceptors (Lipinski definition) is 5. The van der Waals surface area contributed by atoms with Crippen LogP contribution in [0.2, 0.25) is 0 Å². The van der Waals surface area contributed by atoms with Crippen LogP contribution in [0.3, 0.4) is 0 Å². The Hall–Kier alpha value is -0.890. The van der Waals surface area contributed by atoms with E-state index >= 15 is 0 Å². The van der Waals surface area contributed by atoms with Crippen molar-refractivity contribution < 1.29 is 13.2 Å². The third-order valence-corrected chi connectivity index (χ3v) is 4.04. The van der Waals surface area contributed by atoms with E-state index in [1.807, 2.05) is 0 Å². The Bertz CT molecular complexity index is 400. The van der Waals surface area contributed by atoms with Crippen LogP contribution in [0.4, 0.5) is 18.3 Å². The smallest absolute Gasteiger partial charge is 0.359 e. The lowest BCUT2D eigenvalue weighted by Gasteiger charge is -2.15. The van der Waals surface area contributed by atoms with E-state index in [9.17, 15) is 13.2 Å². The number of aromatic nitrogens is 2. The molecule has 0 atom stereocenters. The number of anilines is 1. The van der Waals surface area contributed by atoms with Crippen molar-refractivity contribution in [1.29, 1.82) is 0 Å². The molecule has 1 saturated carbocycles. The van der Waals surface area contributed by atoms with Crippen molar-refractivity contribution >= 4 is 16.7 Å². The van der Waals surface area contributed by atoms with E-state index in [0.717, 1.165) is 18.1 Å². The predicted molar refractivity (Wildman–Crippen MR) is 72.9 cm³/mol. The molecular formula is C12H19F3N4S. The monoisotopic (exact) mass is 308 g/mol. The van der Waals surface area contributed by atoms with Gasteiger partial charge in [0.1, 0.15) is 0 Å². The average molecular weight is 308 g/mol. The highest BCUT2D eigenvalue weighted by Gasteiger charge is 2.36. The van der Waals surface area contributed by atoms with Crippen molar-refractivity contribution in [2.45, 2.75) is 50.7 Å². The fourth-order valence-electron chi connectivity index (χ4n) is 2.34. The molecule has 114 valence electrons. The molecule has 1 aliphatic rings. The third kappa shape index (κ3) is 4.90. The Kier molecular flexibility index (Phi) is 5.59. The highest BCUT2D eigenvalue weighted by molar-refractivity contribution is 7.09. The van der Waals surface area contributed by atoms with Crippen LogP contribution in [0.25, 0.3) is 0 Å². The summed E-state index contributed by atoms with van der Waals surface area (Å²) in [6.07, 6.45) is 3.05. The number of rotatable bonds is 5. The number of nitrogens with one attached hydrogen (secondary N) is 2. The van der Waals surface area contributed by atoms with Gasteiger partial charge in [-0.15, -0.1) is 0 Å². The predicted octanol–water partition coefficient (Wildman–Crippen LogP) is 3.28. The molecule has 0 aliphatic heterocycles. The van der Waals surface area contributed by atoms with Gasteiger partial charge in [-0.2, -0.15) is 22.5 Å². The number of halogens is 3. The summed E-state index contributed by atoms with van der Waals surface area (Å²) in [5.41, 5.74) is 0. The molecule has 0 aromatic carbocycles. The van der Waals surface area contributed by atoms with E-state index in [1.54, 1.807) is 0 Å². The first-order chi connectivity index (χ1) is 9.55. The summed E-state index contributed by atoms with van der Waals surface area (Å²) >= 11 is 0.746. The summed E-state index contributed by atoms with van der Waals surface area (Å²) in [5.74, 6) is -1.07. The van der Waals surface area contributed by atoms with Gasteiger partial charge in [0.2, 0.25) is 11.0 Å². The van der Waals surface area contributed by atoms with Crippen molar-refractivity contribution in [3.63, 3.8) is 0 Å². The van der Waals surface area contributed by atoms with Crippen molar-refractivity contribution in [1.82, 2.24) is 14.7 Å². The van der Waals surface area contributed by atoms with Crippen LogP contribution in [0, 0.1) is 0 Å². The lowest BCUT2D eigenvalue weighted by molar-refractivity contribution is -0.144. The lowest BCUT2D eigenvalue weighted by atomic mass is 10.1. The molecular weight excluding hydrogens is 289 g/mol. The molecule has 1 aliphatic carbocycles. The van der Waals surface area contributed by atoms with Gasteiger partial charge in [-0.25, -0.2) is 0 Å². The largest absolute Gasteiger partial charge is 0.452 e. The highest BCUT2D eigenvalue weighted by atomic mass is 32.1. The topological polar surface area (TPSA) is 49.8 Å². The number of nitrogens with zero attached hydrogens (tertiary/aromatic N) is 2. The second kappa shape index (κ2) is 7.21. The van der Waals surface area contributed by atoms with E-state index in [2.05, 4.69) is 20.0 Å². The van der Waals surface area contributed by atoms with Gasteiger partial charge in [0.15, 0.2) is 0 Å². The summed E-state index contributed by atoms with van der Waals surface area (Å²) in [6.45, 7) is 1.29. The van der Waals surface area contributed by atoms with Gasteiger partial charge >= 0.3 is 6.18 Å². The average Bonchev–Trinajstić information content (AvgIpc) is 2.72. The maximum atomic E-state index is 12.3. The summed E-state index contributed by atoms with van der Waals surface area (Å²) in [5, 5.41) is 6.54. The van der Waals surface area contributed by atoms with Gasteiger partial charge in [-0.1, -0.05) is 25.7 Å². The second-order valence-corrected chi connectivity index (χ2v) is 5.74. The minimum absolute atomic E-state index is 0.222. The van der Waals surface area contributed by atoms with Crippen LogP contribution >= 0.6 is 11.5 Å². The van der Waals surface area contributed by atoms with Gasteiger partial charge in [-0.3, -0.25) is 0 Å². The van der Waals surface area contributed by atoms with Crippen LogP contribution in [0.5, 0.6) is 0 Å². The van der Waals surface area contributed by atoms with Crippen molar-refractivity contribution in [2.24, 2.45) is 0 Å². The van der Waals surface area contributed by atoms with E-state index in [4.69, 9.17) is 0 Å². The molecule has 0 bridgehead atoms. The quantitative estimate of drug-likeness (QED) is 0.647. The molecule has 1 heterocycles. The van der Waals surface area contributed by atoms with E-state index in [1.165, 1.54) is 38.5 Å². The minimum atomic E-state index is -4.46.